The maximum absolute atomic E-state index is 12.9. The summed E-state index contributed by atoms with van der Waals surface area (Å²) in [7, 11) is 0. The molecule has 5 rings (SSSR count). The number of nitrogens with one attached hydrogen (secondary N) is 3. The van der Waals surface area contributed by atoms with Gasteiger partial charge in [0.1, 0.15) is 17.1 Å². The van der Waals surface area contributed by atoms with E-state index in [2.05, 4.69) is 25.8 Å². The molecule has 3 aromatic carbocycles. The van der Waals surface area contributed by atoms with Crippen LogP contribution in [0.3, 0.4) is 0 Å². The SMILES string of the molecule is CC(C)NC(=O)Nc1ccc(Oc2ccc(NC(=O)c3ccc(-n4cnc(CN5CCCC(CO)C5)c4)cc3)cc2)c(C(=O)O)c1. The van der Waals surface area contributed by atoms with Gasteiger partial charge in [-0.05, 0) is 106 Å². The maximum atomic E-state index is 12.9. The predicted molar refractivity (Wildman–Crippen MR) is 174 cm³/mol. The number of piperidine rings is 1. The quantitative estimate of drug-likeness (QED) is 0.149. The van der Waals surface area contributed by atoms with Crippen LogP contribution in [0.2, 0.25) is 0 Å². The zero-order valence-electron chi connectivity index (χ0n) is 25.8. The lowest BCUT2D eigenvalue weighted by atomic mass is 9.99. The number of urea groups is 1. The van der Waals surface area contributed by atoms with Gasteiger partial charge in [0, 0.05) is 54.6 Å². The summed E-state index contributed by atoms with van der Waals surface area (Å²) in [6, 6.07) is 17.6. The molecule has 12 nitrogen and oxygen atoms in total. The first-order valence-electron chi connectivity index (χ1n) is 15.2. The molecule has 0 aliphatic carbocycles. The van der Waals surface area contributed by atoms with E-state index in [4.69, 9.17) is 4.74 Å². The molecule has 3 amide bonds. The molecule has 12 heteroatoms. The van der Waals surface area contributed by atoms with Crippen molar-refractivity contribution in [1.29, 1.82) is 0 Å². The van der Waals surface area contributed by atoms with Crippen LogP contribution in [-0.4, -0.2) is 68.3 Å². The first-order chi connectivity index (χ1) is 22.2. The van der Waals surface area contributed by atoms with Crippen molar-refractivity contribution in [2.24, 2.45) is 5.92 Å². The van der Waals surface area contributed by atoms with Gasteiger partial charge in [-0.15, -0.1) is 0 Å². The number of ether oxygens (including phenoxy) is 1. The van der Waals surface area contributed by atoms with Gasteiger partial charge in [0.05, 0.1) is 12.0 Å². The molecule has 4 aromatic rings. The van der Waals surface area contributed by atoms with Crippen LogP contribution in [0, 0.1) is 5.92 Å². The van der Waals surface area contributed by atoms with Crippen molar-refractivity contribution in [3.63, 3.8) is 0 Å². The zero-order valence-corrected chi connectivity index (χ0v) is 25.8. The highest BCUT2D eigenvalue weighted by atomic mass is 16.5. The minimum atomic E-state index is -1.21. The molecule has 0 saturated carbocycles. The van der Waals surface area contributed by atoms with Crippen LogP contribution in [-0.2, 0) is 6.54 Å². The zero-order chi connectivity index (χ0) is 32.6. The van der Waals surface area contributed by atoms with E-state index in [0.717, 1.165) is 43.9 Å². The number of anilines is 2. The van der Waals surface area contributed by atoms with Crippen molar-refractivity contribution in [3.05, 3.63) is 96.1 Å². The van der Waals surface area contributed by atoms with Crippen molar-refractivity contribution in [1.82, 2.24) is 19.8 Å². The number of carbonyl (C=O) groups is 3. The summed E-state index contributed by atoms with van der Waals surface area (Å²) >= 11 is 0. The maximum Gasteiger partial charge on any atom is 0.339 e. The number of hydrogen-bond acceptors (Lipinski definition) is 7. The monoisotopic (exact) mass is 626 g/mol. The summed E-state index contributed by atoms with van der Waals surface area (Å²) < 4.78 is 7.73. The Balaban J connectivity index is 1.16. The number of imidazole rings is 1. The number of aliphatic hydroxyl groups excluding tert-OH is 1. The number of carboxylic acid groups (broad SMARTS) is 1. The minimum Gasteiger partial charge on any atom is -0.478 e. The van der Waals surface area contributed by atoms with E-state index >= 15 is 0 Å². The van der Waals surface area contributed by atoms with Crippen LogP contribution >= 0.6 is 0 Å². The lowest BCUT2D eigenvalue weighted by Gasteiger charge is -2.31. The molecular weight excluding hydrogens is 588 g/mol. The summed E-state index contributed by atoms with van der Waals surface area (Å²) in [5, 5.41) is 27.3. The van der Waals surface area contributed by atoms with Crippen molar-refractivity contribution >= 4 is 29.3 Å². The molecule has 0 radical (unpaired) electrons. The van der Waals surface area contributed by atoms with Gasteiger partial charge in [0.15, 0.2) is 0 Å². The minimum absolute atomic E-state index is 0.0749. The van der Waals surface area contributed by atoms with Crippen molar-refractivity contribution < 1.29 is 29.3 Å². The van der Waals surface area contributed by atoms with Gasteiger partial charge in [-0.1, -0.05) is 0 Å². The third-order valence-corrected chi connectivity index (χ3v) is 7.54. The second-order valence-corrected chi connectivity index (χ2v) is 11.6. The van der Waals surface area contributed by atoms with Gasteiger partial charge in [0.2, 0.25) is 0 Å². The van der Waals surface area contributed by atoms with Crippen LogP contribution in [0.25, 0.3) is 5.69 Å². The Labute approximate surface area is 267 Å². The molecule has 1 aromatic heterocycles. The third kappa shape index (κ3) is 8.49. The topological polar surface area (TPSA) is 158 Å². The molecule has 2 heterocycles. The lowest BCUT2D eigenvalue weighted by molar-refractivity contribution is 0.0694. The number of carbonyl (C=O) groups excluding carboxylic acids is 2. The highest BCUT2D eigenvalue weighted by Gasteiger charge is 2.20. The average molecular weight is 627 g/mol. The van der Waals surface area contributed by atoms with E-state index < -0.39 is 12.0 Å². The number of aromatic carboxylic acids is 1. The smallest absolute Gasteiger partial charge is 0.339 e. The van der Waals surface area contributed by atoms with Crippen LogP contribution < -0.4 is 20.7 Å². The molecule has 1 fully saturated rings. The lowest BCUT2D eigenvalue weighted by Crippen LogP contribution is -2.36. The van der Waals surface area contributed by atoms with Gasteiger partial charge < -0.3 is 35.5 Å². The fourth-order valence-electron chi connectivity index (χ4n) is 5.27. The van der Waals surface area contributed by atoms with Crippen molar-refractivity contribution in [2.45, 2.75) is 39.3 Å². The second kappa shape index (κ2) is 14.7. The number of hydrogen-bond donors (Lipinski definition) is 5. The Morgan fingerprint density at radius 2 is 1.74 bits per heavy atom. The fourth-order valence-corrected chi connectivity index (χ4v) is 5.27. The number of carboxylic acids is 1. The molecule has 240 valence electrons. The summed E-state index contributed by atoms with van der Waals surface area (Å²) in [4.78, 5) is 43.6. The van der Waals surface area contributed by atoms with Gasteiger partial charge in [0.25, 0.3) is 5.91 Å². The number of aliphatic hydroxyl groups is 1. The van der Waals surface area contributed by atoms with E-state index in [1.165, 1.54) is 12.1 Å². The van der Waals surface area contributed by atoms with Crippen LogP contribution in [0.4, 0.5) is 16.2 Å². The number of benzene rings is 3. The number of aromatic nitrogens is 2. The summed E-state index contributed by atoms with van der Waals surface area (Å²) in [6.45, 7) is 6.46. The second-order valence-electron chi connectivity index (χ2n) is 11.6. The third-order valence-electron chi connectivity index (χ3n) is 7.54. The van der Waals surface area contributed by atoms with Crippen molar-refractivity contribution in [3.8, 4) is 17.2 Å². The first-order valence-corrected chi connectivity index (χ1v) is 15.2. The molecule has 1 unspecified atom stereocenters. The molecule has 5 N–H and O–H groups in total. The van der Waals surface area contributed by atoms with Crippen LogP contribution in [0.15, 0.2) is 79.3 Å². The van der Waals surface area contributed by atoms with Crippen LogP contribution in [0.5, 0.6) is 11.5 Å². The summed E-state index contributed by atoms with van der Waals surface area (Å²) in [5.41, 5.74) is 3.05. The molecule has 1 aliphatic rings. The van der Waals surface area contributed by atoms with E-state index in [-0.39, 0.29) is 29.9 Å². The van der Waals surface area contributed by atoms with Gasteiger partial charge in [-0.3, -0.25) is 9.69 Å². The Morgan fingerprint density at radius 3 is 2.43 bits per heavy atom. The molecule has 1 saturated heterocycles. The van der Waals surface area contributed by atoms with E-state index in [1.54, 1.807) is 48.8 Å². The number of rotatable bonds is 11. The highest BCUT2D eigenvalue weighted by Crippen LogP contribution is 2.29. The summed E-state index contributed by atoms with van der Waals surface area (Å²) in [5.74, 6) is -0.693. The van der Waals surface area contributed by atoms with Crippen molar-refractivity contribution in [2.75, 3.05) is 30.3 Å². The molecule has 46 heavy (non-hydrogen) atoms. The molecular formula is C34H38N6O6. The van der Waals surface area contributed by atoms with E-state index in [9.17, 15) is 24.6 Å². The Hall–Kier alpha value is -5.20. The van der Waals surface area contributed by atoms with Crippen LogP contribution in [0.1, 0.15) is 53.1 Å². The average Bonchev–Trinajstić information content (AvgIpc) is 3.50. The Kier molecular flexibility index (Phi) is 10.3. The van der Waals surface area contributed by atoms with Gasteiger partial charge in [-0.25, -0.2) is 14.6 Å². The van der Waals surface area contributed by atoms with E-state index in [0.29, 0.717) is 28.6 Å². The molecule has 0 spiro atoms. The largest absolute Gasteiger partial charge is 0.478 e. The number of likely N-dealkylation sites (tertiary alicyclic amines) is 1. The molecule has 1 atom stereocenters. The summed E-state index contributed by atoms with van der Waals surface area (Å²) in [6.07, 6.45) is 5.89. The fraction of sp³-hybridized carbons (Fsp3) is 0.294. The molecule has 1 aliphatic heterocycles. The number of nitrogens with zero attached hydrogens (tertiary/aromatic N) is 3. The Morgan fingerprint density at radius 1 is 1.00 bits per heavy atom. The van der Waals surface area contributed by atoms with Gasteiger partial charge in [-0.2, -0.15) is 0 Å². The normalized spacial score (nSPS) is 14.9. The number of amides is 3. The highest BCUT2D eigenvalue weighted by molar-refractivity contribution is 6.04. The molecule has 0 bridgehead atoms. The van der Waals surface area contributed by atoms with E-state index in [1.807, 2.05) is 36.7 Å². The predicted octanol–water partition coefficient (Wildman–Crippen LogP) is 5.35. The van der Waals surface area contributed by atoms with Gasteiger partial charge >= 0.3 is 12.0 Å². The Bertz CT molecular complexity index is 1670. The first kappa shape index (κ1) is 32.2. The standard InChI is InChI=1S/C34H38N6O6/c1-22(2)36-34(45)38-26-9-14-31(30(16-26)33(43)44)46-29-12-7-25(8-13-29)37-32(42)24-5-10-28(11-6-24)40-19-27(35-21-40)18-39-15-3-4-23(17-39)20-41/h5-14,16,19,21-23,41H,3-4,15,17-18,20H2,1-2H3,(H,37,42)(H,43,44)(H2,36,38,45).